The number of ether oxygens (including phenoxy) is 2. The summed E-state index contributed by atoms with van der Waals surface area (Å²) in [6, 6.07) is 107. The van der Waals surface area contributed by atoms with Crippen LogP contribution < -0.4 is 72.8 Å². The number of fused-ring (bicyclic) bond motifs is 9. The van der Waals surface area contributed by atoms with Gasteiger partial charge < -0.3 is 29.1 Å². The van der Waals surface area contributed by atoms with Crippen molar-refractivity contribution in [3.63, 3.8) is 0 Å². The summed E-state index contributed by atoms with van der Waals surface area (Å²) in [5.41, 5.74) is 30.2. The van der Waals surface area contributed by atoms with Crippen LogP contribution in [-0.2, 0) is 6.42 Å². The Morgan fingerprint density at radius 2 is 0.895 bits per heavy atom. The minimum Gasteiger partial charge on any atom is -0.458 e. The zero-order chi connectivity index (χ0) is 63.4. The molecule has 95 heavy (non-hydrogen) atoms. The van der Waals surface area contributed by atoms with E-state index in [0.717, 1.165) is 96.9 Å². The molecule has 6 nitrogen and oxygen atoms in total. The van der Waals surface area contributed by atoms with Gasteiger partial charge in [0.05, 0.1) is 0 Å². The van der Waals surface area contributed by atoms with Gasteiger partial charge in [0.1, 0.15) is 23.0 Å². The molecule has 0 fully saturated rings. The van der Waals surface area contributed by atoms with Crippen LogP contribution in [0, 0.1) is 13.8 Å². The molecule has 0 unspecified atom stereocenters. The predicted molar refractivity (Wildman–Crippen MR) is 406 cm³/mol. The molecule has 0 saturated carbocycles. The molecular formula is C84H64B4N4O2S. The number of nitrogens with zero attached hydrogens (tertiary/aromatic N) is 4. The zero-order valence-electron chi connectivity index (χ0n) is 53.5. The van der Waals surface area contributed by atoms with E-state index in [4.69, 9.17) is 9.47 Å². The molecule has 18 rings (SSSR count). The summed E-state index contributed by atoms with van der Waals surface area (Å²) in [6.45, 7) is 9.64. The summed E-state index contributed by atoms with van der Waals surface area (Å²) in [7, 11) is 0. The topological polar surface area (TPSA) is 31.4 Å². The Morgan fingerprint density at radius 1 is 0.368 bits per heavy atom. The standard InChI is InChI=1S/C84H64B4N4O2S/c1-55-51-59(58-43-46-63(47-44-58)90-70-35-19-17-33-64(70)85(3)66-52-67-75(54-74(66)90)89(60-27-11-6-12-28-60)71-36-20-18-34-65(71)87(67)50-49-57-25-9-5-10-26-57)45-48-76(55)93-78-40-23-37-72-81(78)86(4)68-53-69-84(56(2)83(68)91(72)61-29-13-7-14-30-61)92(62-31-15-8-16-32-62)73-38-24-41-79-82(73)88(69)95-80-42-22-21-39-77(80)94-79/h5-48,51-54H,49-50H2,1-4H3. The van der Waals surface area contributed by atoms with Gasteiger partial charge >= 0.3 is 0 Å². The van der Waals surface area contributed by atoms with Gasteiger partial charge in [0, 0.05) is 78.6 Å². The largest absolute Gasteiger partial charge is 0.458 e. The second kappa shape index (κ2) is 23.1. The molecule has 450 valence electrons. The SMILES string of the molecule is CB1c2ccccc2N(c2ccc(-c3ccc(Oc4cccc5c4B(C)c4cc6c(c(C)c4N5c4ccccc4)N(c4ccccc4)c4cccc5c4B6Sc4ccccc4O5)c(C)c3)cc2)c2cc3c(cc21)B(CCc1ccccc1)c1ccccc1N3c1ccccc1. The normalized spacial score (nSPS) is 13.6. The molecule has 0 N–H and O–H groups in total. The van der Waals surface area contributed by atoms with Crippen molar-refractivity contribution >= 4 is 150 Å². The van der Waals surface area contributed by atoms with Gasteiger partial charge in [0.2, 0.25) is 20.1 Å². The Labute approximate surface area is 562 Å². The molecular weight excluding hydrogens is 1170 g/mol. The molecule has 0 atom stereocenters. The highest BCUT2D eigenvalue weighted by Crippen LogP contribution is 2.51. The first kappa shape index (κ1) is 57.0. The Bertz CT molecular complexity index is 5180. The number of para-hydroxylation sites is 6. The van der Waals surface area contributed by atoms with Crippen LogP contribution in [-0.4, -0.2) is 26.1 Å². The van der Waals surface area contributed by atoms with Crippen LogP contribution >= 0.6 is 11.6 Å². The first-order valence-corrected chi connectivity index (χ1v) is 34.2. The lowest BCUT2D eigenvalue weighted by molar-refractivity contribution is 0.475. The van der Waals surface area contributed by atoms with E-state index in [1.54, 1.807) is 0 Å². The van der Waals surface area contributed by atoms with E-state index >= 15 is 0 Å². The molecule has 13 aromatic carbocycles. The quantitative estimate of drug-likeness (QED) is 0.126. The van der Waals surface area contributed by atoms with Gasteiger partial charge in [-0.3, -0.25) is 0 Å². The third kappa shape index (κ3) is 9.37. The van der Waals surface area contributed by atoms with Crippen molar-refractivity contribution in [2.24, 2.45) is 0 Å². The van der Waals surface area contributed by atoms with E-state index < -0.39 is 0 Å². The molecule has 0 aliphatic carbocycles. The van der Waals surface area contributed by atoms with Crippen molar-refractivity contribution in [3.8, 4) is 34.1 Å². The van der Waals surface area contributed by atoms with E-state index in [1.807, 2.05) is 11.6 Å². The Balaban J connectivity index is 0.703. The Morgan fingerprint density at radius 3 is 1.59 bits per heavy atom. The lowest BCUT2D eigenvalue weighted by Crippen LogP contribution is -2.54. The highest BCUT2D eigenvalue weighted by atomic mass is 32.2. The maximum Gasteiger partial charge on any atom is 0.289 e. The van der Waals surface area contributed by atoms with E-state index in [1.165, 1.54) is 83.5 Å². The maximum atomic E-state index is 7.30. The number of benzene rings is 13. The lowest BCUT2D eigenvalue weighted by atomic mass is 9.34. The second-order valence-corrected chi connectivity index (χ2v) is 27.0. The molecule has 0 aromatic heterocycles. The monoisotopic (exact) mass is 1240 g/mol. The Kier molecular flexibility index (Phi) is 13.8. The van der Waals surface area contributed by atoms with Crippen LogP contribution in [0.5, 0.6) is 23.0 Å². The minimum absolute atomic E-state index is 0.0336. The molecule has 5 aliphatic heterocycles. The lowest BCUT2D eigenvalue weighted by Gasteiger charge is -2.43. The van der Waals surface area contributed by atoms with Gasteiger partial charge in [-0.2, -0.15) is 11.6 Å². The van der Waals surface area contributed by atoms with Gasteiger partial charge in [0.15, 0.2) is 0 Å². The van der Waals surface area contributed by atoms with Crippen molar-refractivity contribution in [2.75, 3.05) is 19.6 Å². The van der Waals surface area contributed by atoms with Gasteiger partial charge in [-0.05, 0) is 174 Å². The van der Waals surface area contributed by atoms with Crippen LogP contribution in [0.4, 0.5) is 68.2 Å². The van der Waals surface area contributed by atoms with E-state index in [-0.39, 0.29) is 26.1 Å². The summed E-state index contributed by atoms with van der Waals surface area (Å²) in [5, 5.41) is 0. The van der Waals surface area contributed by atoms with Crippen molar-refractivity contribution in [2.45, 2.75) is 45.1 Å². The highest BCUT2D eigenvalue weighted by molar-refractivity contribution is 8.28. The average Bonchev–Trinajstić information content (AvgIpc) is 1.44. The number of rotatable bonds is 10. The smallest absolute Gasteiger partial charge is 0.289 e. The summed E-state index contributed by atoms with van der Waals surface area (Å²) in [6.07, 6.45) is 2.00. The van der Waals surface area contributed by atoms with Crippen LogP contribution in [0.1, 0.15) is 16.7 Å². The fraction of sp³-hybridized carbons (Fsp3) is 0.0714. The summed E-state index contributed by atoms with van der Waals surface area (Å²) >= 11 is 1.89. The van der Waals surface area contributed by atoms with Crippen molar-refractivity contribution in [1.29, 1.82) is 0 Å². The molecule has 0 spiro atoms. The molecule has 13 aromatic rings. The molecule has 5 aliphatic rings. The van der Waals surface area contributed by atoms with Crippen molar-refractivity contribution < 1.29 is 9.47 Å². The van der Waals surface area contributed by atoms with E-state index in [9.17, 15) is 0 Å². The molecule has 0 bridgehead atoms. The van der Waals surface area contributed by atoms with Crippen LogP contribution in [0.3, 0.4) is 0 Å². The third-order valence-corrected chi connectivity index (χ3v) is 21.8. The maximum absolute atomic E-state index is 7.30. The fourth-order valence-corrected chi connectivity index (χ4v) is 17.4. The van der Waals surface area contributed by atoms with E-state index in [2.05, 4.69) is 338 Å². The van der Waals surface area contributed by atoms with E-state index in [0.29, 0.717) is 0 Å². The van der Waals surface area contributed by atoms with Crippen LogP contribution in [0.25, 0.3) is 11.1 Å². The predicted octanol–water partition coefficient (Wildman–Crippen LogP) is 17.2. The molecule has 0 amide bonds. The van der Waals surface area contributed by atoms with Crippen LogP contribution in [0.2, 0.25) is 20.0 Å². The molecule has 0 radical (unpaired) electrons. The fourth-order valence-electron chi connectivity index (χ4n) is 16.1. The molecule has 11 heteroatoms. The summed E-state index contributed by atoms with van der Waals surface area (Å²) < 4.78 is 14.2. The van der Waals surface area contributed by atoms with Crippen LogP contribution in [0.15, 0.2) is 296 Å². The second-order valence-electron chi connectivity index (χ2n) is 25.9. The van der Waals surface area contributed by atoms with Gasteiger partial charge in [-0.25, -0.2) is 0 Å². The first-order valence-electron chi connectivity index (χ1n) is 33.3. The third-order valence-electron chi connectivity index (χ3n) is 20.5. The number of hydrogen-bond acceptors (Lipinski definition) is 7. The summed E-state index contributed by atoms with van der Waals surface area (Å²) in [5.74, 6) is 3.41. The first-order chi connectivity index (χ1) is 46.8. The molecule has 5 heterocycles. The van der Waals surface area contributed by atoms with Gasteiger partial charge in [-0.1, -0.05) is 223 Å². The van der Waals surface area contributed by atoms with Gasteiger partial charge in [-0.15, -0.1) is 0 Å². The molecule has 0 saturated heterocycles. The number of anilines is 12. The minimum atomic E-state index is -0.0341. The average molecular weight is 1240 g/mol. The van der Waals surface area contributed by atoms with Gasteiger partial charge in [0.25, 0.3) is 5.99 Å². The number of hydrogen-bond donors (Lipinski definition) is 0. The highest BCUT2D eigenvalue weighted by Gasteiger charge is 2.45. The number of aryl methyl sites for hydroxylation is 2. The van der Waals surface area contributed by atoms with Crippen molar-refractivity contribution in [1.82, 2.24) is 0 Å². The van der Waals surface area contributed by atoms with Crippen molar-refractivity contribution in [3.05, 3.63) is 308 Å². The Hall–Kier alpha value is -10.7. The zero-order valence-corrected chi connectivity index (χ0v) is 54.3. The summed E-state index contributed by atoms with van der Waals surface area (Å²) in [4.78, 5) is 11.1.